The lowest BCUT2D eigenvalue weighted by atomic mass is 10.1. The molecule has 37 heavy (non-hydrogen) atoms. The van der Waals surface area contributed by atoms with E-state index in [0.29, 0.717) is 0 Å². The van der Waals surface area contributed by atoms with Gasteiger partial charge in [-0.05, 0) is 30.3 Å². The van der Waals surface area contributed by atoms with Crippen molar-refractivity contribution in [2.24, 2.45) is 0 Å². The van der Waals surface area contributed by atoms with Gasteiger partial charge in [-0.1, -0.05) is 43.3 Å². The molecule has 0 spiro atoms. The van der Waals surface area contributed by atoms with Crippen molar-refractivity contribution in [3.05, 3.63) is 94.5 Å². The maximum Gasteiger partial charge on any atom is 0.351 e. The Balaban J connectivity index is 1.67. The van der Waals surface area contributed by atoms with Crippen LogP contribution in [0.15, 0.2) is 77.7 Å². The molecular weight excluding hydrogens is 482 g/mol. The van der Waals surface area contributed by atoms with E-state index >= 15 is 0 Å². The first-order chi connectivity index (χ1) is 17.9. The minimum atomic E-state index is -1.31. The van der Waals surface area contributed by atoms with Crippen molar-refractivity contribution < 1.29 is 33.7 Å². The lowest BCUT2D eigenvalue weighted by Gasteiger charge is -2.24. The van der Waals surface area contributed by atoms with Crippen molar-refractivity contribution in [1.29, 1.82) is 0 Å². The van der Waals surface area contributed by atoms with E-state index in [-0.39, 0.29) is 29.3 Å². The SMILES string of the molecule is CCC(=O)Nc1ccn([C@@H]2O[C@H](CO)[C@@H](OC(=O)c3ccccc3)[C@@H]2OC(=O)c2ccccc2)c(=O)n1. The van der Waals surface area contributed by atoms with Crippen molar-refractivity contribution in [2.45, 2.75) is 37.9 Å². The van der Waals surface area contributed by atoms with Gasteiger partial charge in [0.15, 0.2) is 18.4 Å². The van der Waals surface area contributed by atoms with Gasteiger partial charge in [-0.2, -0.15) is 4.98 Å². The Morgan fingerprint density at radius 3 is 2.03 bits per heavy atom. The monoisotopic (exact) mass is 507 g/mol. The summed E-state index contributed by atoms with van der Waals surface area (Å²) in [5.41, 5.74) is -0.345. The van der Waals surface area contributed by atoms with Gasteiger partial charge in [0, 0.05) is 12.6 Å². The van der Waals surface area contributed by atoms with E-state index in [1.54, 1.807) is 67.6 Å². The maximum atomic E-state index is 12.9. The molecule has 0 aliphatic carbocycles. The van der Waals surface area contributed by atoms with Gasteiger partial charge in [-0.25, -0.2) is 14.4 Å². The summed E-state index contributed by atoms with van der Waals surface area (Å²) < 4.78 is 18.2. The first-order valence-corrected chi connectivity index (χ1v) is 11.6. The molecule has 0 bridgehead atoms. The van der Waals surface area contributed by atoms with Crippen LogP contribution in [0.5, 0.6) is 0 Å². The molecule has 3 aromatic rings. The summed E-state index contributed by atoms with van der Waals surface area (Å²) in [6.07, 6.45) is -3.45. The Hall–Kier alpha value is -4.35. The van der Waals surface area contributed by atoms with Crippen LogP contribution >= 0.6 is 0 Å². The number of anilines is 1. The quantitative estimate of drug-likeness (QED) is 0.437. The van der Waals surface area contributed by atoms with Gasteiger partial charge in [0.05, 0.1) is 17.7 Å². The van der Waals surface area contributed by atoms with Crippen molar-refractivity contribution in [3.8, 4) is 0 Å². The number of hydrogen-bond donors (Lipinski definition) is 2. The Labute approximate surface area is 211 Å². The van der Waals surface area contributed by atoms with Crippen LogP contribution in [0.1, 0.15) is 40.3 Å². The minimum absolute atomic E-state index is 0.0368. The number of aliphatic hydroxyl groups is 1. The number of amides is 1. The van der Waals surface area contributed by atoms with Crippen LogP contribution < -0.4 is 11.0 Å². The highest BCUT2D eigenvalue weighted by molar-refractivity contribution is 5.90. The van der Waals surface area contributed by atoms with Crippen molar-refractivity contribution in [3.63, 3.8) is 0 Å². The number of carbonyl (C=O) groups excluding carboxylic acids is 3. The minimum Gasteiger partial charge on any atom is -0.452 e. The second-order valence-corrected chi connectivity index (χ2v) is 8.12. The predicted molar refractivity (Wildman–Crippen MR) is 130 cm³/mol. The van der Waals surface area contributed by atoms with Crippen LogP contribution in [0.2, 0.25) is 0 Å². The fourth-order valence-electron chi connectivity index (χ4n) is 3.79. The molecule has 1 amide bonds. The summed E-state index contributed by atoms with van der Waals surface area (Å²) in [5.74, 6) is -1.76. The number of esters is 2. The number of benzene rings is 2. The zero-order valence-corrected chi connectivity index (χ0v) is 19.9. The number of ether oxygens (including phenoxy) is 3. The molecule has 4 rings (SSSR count). The third-order valence-electron chi connectivity index (χ3n) is 5.66. The maximum absolute atomic E-state index is 12.9. The third-order valence-corrected chi connectivity index (χ3v) is 5.66. The number of nitrogens with zero attached hydrogens (tertiary/aromatic N) is 2. The van der Waals surface area contributed by atoms with Gasteiger partial charge < -0.3 is 24.6 Å². The van der Waals surface area contributed by atoms with Crippen LogP contribution in [0.25, 0.3) is 0 Å². The van der Waals surface area contributed by atoms with Gasteiger partial charge in [-0.3, -0.25) is 9.36 Å². The average molecular weight is 507 g/mol. The Morgan fingerprint density at radius 2 is 1.51 bits per heavy atom. The van der Waals surface area contributed by atoms with E-state index in [1.165, 1.54) is 12.3 Å². The highest BCUT2D eigenvalue weighted by Crippen LogP contribution is 2.34. The molecule has 2 N–H and O–H groups in total. The number of hydrogen-bond acceptors (Lipinski definition) is 9. The highest BCUT2D eigenvalue weighted by Gasteiger charge is 2.51. The average Bonchev–Trinajstić information content (AvgIpc) is 3.25. The lowest BCUT2D eigenvalue weighted by molar-refractivity contribution is -0.115. The molecule has 11 heteroatoms. The molecule has 2 heterocycles. The summed E-state index contributed by atoms with van der Waals surface area (Å²) in [5, 5.41) is 12.5. The van der Waals surface area contributed by atoms with Crippen molar-refractivity contribution in [2.75, 3.05) is 11.9 Å². The van der Waals surface area contributed by atoms with Crippen LogP contribution in [-0.4, -0.2) is 57.4 Å². The number of aliphatic hydroxyl groups excluding tert-OH is 1. The van der Waals surface area contributed by atoms with E-state index in [0.717, 1.165) is 4.57 Å². The van der Waals surface area contributed by atoms with E-state index in [4.69, 9.17) is 14.2 Å². The highest BCUT2D eigenvalue weighted by atomic mass is 16.6. The van der Waals surface area contributed by atoms with Crippen LogP contribution in [-0.2, 0) is 19.0 Å². The summed E-state index contributed by atoms with van der Waals surface area (Å²) in [7, 11) is 0. The molecule has 1 aromatic heterocycles. The summed E-state index contributed by atoms with van der Waals surface area (Å²) in [6, 6.07) is 17.6. The predicted octanol–water partition coefficient (Wildman–Crippen LogP) is 1.93. The van der Waals surface area contributed by atoms with Crippen LogP contribution in [0.3, 0.4) is 0 Å². The molecule has 192 valence electrons. The molecule has 11 nitrogen and oxygen atoms in total. The summed E-state index contributed by atoms with van der Waals surface area (Å²) in [4.78, 5) is 54.1. The molecule has 1 aliphatic rings. The molecule has 4 atom stereocenters. The van der Waals surface area contributed by atoms with Crippen LogP contribution in [0.4, 0.5) is 5.82 Å². The molecular formula is C26H25N3O8. The number of aromatic nitrogens is 2. The van der Waals surface area contributed by atoms with Gasteiger partial charge in [0.25, 0.3) is 0 Å². The molecule has 1 aliphatic heterocycles. The molecule has 1 saturated heterocycles. The van der Waals surface area contributed by atoms with Crippen molar-refractivity contribution >= 4 is 23.7 Å². The second kappa shape index (κ2) is 11.6. The van der Waals surface area contributed by atoms with Crippen LogP contribution in [0, 0.1) is 0 Å². The Bertz CT molecular complexity index is 1310. The van der Waals surface area contributed by atoms with Gasteiger partial charge in [0.2, 0.25) is 5.91 Å². The van der Waals surface area contributed by atoms with E-state index < -0.39 is 48.8 Å². The van der Waals surface area contributed by atoms with E-state index in [2.05, 4.69) is 10.3 Å². The zero-order chi connectivity index (χ0) is 26.4. The van der Waals surface area contributed by atoms with Gasteiger partial charge >= 0.3 is 17.6 Å². The summed E-state index contributed by atoms with van der Waals surface area (Å²) >= 11 is 0. The van der Waals surface area contributed by atoms with Gasteiger partial charge in [0.1, 0.15) is 11.9 Å². The standard InChI is InChI=1S/C26H25N3O8/c1-2-20(31)27-19-13-14-29(26(34)28-19)23-22(37-25(33)17-11-7-4-8-12-17)21(18(15-30)35-23)36-24(32)16-9-5-3-6-10-16/h3-14,18,21-23,30H,2,15H2,1H3,(H,27,28,31,34)/t18-,21-,22+,23-/m1/s1. The first kappa shape index (κ1) is 25.7. The smallest absolute Gasteiger partial charge is 0.351 e. The van der Waals surface area contributed by atoms with E-state index in [9.17, 15) is 24.3 Å². The zero-order valence-electron chi connectivity index (χ0n) is 19.9. The molecule has 2 aromatic carbocycles. The fourth-order valence-corrected chi connectivity index (χ4v) is 3.79. The van der Waals surface area contributed by atoms with E-state index in [1.807, 2.05) is 0 Å². The molecule has 0 radical (unpaired) electrons. The number of carbonyl (C=O) groups is 3. The molecule has 1 fully saturated rings. The molecule has 0 saturated carbocycles. The fraction of sp³-hybridized carbons (Fsp3) is 0.269. The molecule has 0 unspecified atom stereocenters. The second-order valence-electron chi connectivity index (χ2n) is 8.12. The normalized spacial score (nSPS) is 20.7. The summed E-state index contributed by atoms with van der Waals surface area (Å²) in [6.45, 7) is 1.07. The first-order valence-electron chi connectivity index (χ1n) is 11.6. The Morgan fingerprint density at radius 1 is 0.946 bits per heavy atom. The van der Waals surface area contributed by atoms with Crippen molar-refractivity contribution in [1.82, 2.24) is 9.55 Å². The van der Waals surface area contributed by atoms with Gasteiger partial charge in [-0.15, -0.1) is 0 Å². The third kappa shape index (κ3) is 5.90. The number of nitrogens with one attached hydrogen (secondary N) is 1. The number of rotatable bonds is 8. The lowest BCUT2D eigenvalue weighted by Crippen LogP contribution is -2.42. The topological polar surface area (TPSA) is 146 Å². The largest absolute Gasteiger partial charge is 0.452 e. The Kier molecular flexibility index (Phi) is 8.06.